The third-order valence-electron chi connectivity index (χ3n) is 9.41. The van der Waals surface area contributed by atoms with Crippen LogP contribution in [0.15, 0.2) is 59.6 Å². The Hall–Kier alpha value is -4.89. The molecule has 4 heterocycles. The molecule has 0 aliphatic carbocycles. The SMILES string of the molecule is COc1ccc2cc1Oc1ccc(cc1)CC1=NCCc3cc(OC)c(c(OC)c31)Oc1c(OC)c(OC)cc3c1[C@H](C2)N(C)CC3. The molecule has 0 aromatic heterocycles. The highest BCUT2D eigenvalue weighted by molar-refractivity contribution is 6.07. The van der Waals surface area contributed by atoms with E-state index in [-0.39, 0.29) is 6.04 Å². The molecule has 9 heteroatoms. The van der Waals surface area contributed by atoms with Crippen molar-refractivity contribution in [1.29, 1.82) is 0 Å². The largest absolute Gasteiger partial charge is 0.493 e. The van der Waals surface area contributed by atoms with Gasteiger partial charge in [-0.25, -0.2) is 0 Å². The second-order valence-corrected chi connectivity index (χ2v) is 12.0. The summed E-state index contributed by atoms with van der Waals surface area (Å²) in [7, 11) is 10.4. The summed E-state index contributed by atoms with van der Waals surface area (Å²) < 4.78 is 43.3. The summed E-state index contributed by atoms with van der Waals surface area (Å²) in [4.78, 5) is 7.35. The van der Waals surface area contributed by atoms with Crippen molar-refractivity contribution in [3.8, 4) is 51.7 Å². The molecule has 6 bridgehead atoms. The highest BCUT2D eigenvalue weighted by Crippen LogP contribution is 2.54. The van der Waals surface area contributed by atoms with E-state index in [0.717, 1.165) is 64.2 Å². The molecule has 0 spiro atoms. The summed E-state index contributed by atoms with van der Waals surface area (Å²) in [6.45, 7) is 1.54. The fraction of sp³-hybridized carbons (Fsp3) is 0.342. The summed E-state index contributed by atoms with van der Waals surface area (Å²) in [5, 5.41) is 0. The maximum absolute atomic E-state index is 7.05. The molecule has 4 aromatic carbocycles. The fourth-order valence-electron chi connectivity index (χ4n) is 7.04. The predicted molar refractivity (Wildman–Crippen MR) is 180 cm³/mol. The summed E-state index contributed by atoms with van der Waals surface area (Å²) in [6, 6.07) is 18.3. The first-order valence-corrected chi connectivity index (χ1v) is 15.9. The summed E-state index contributed by atoms with van der Waals surface area (Å²) in [5.74, 6) is 5.38. The Bertz CT molecular complexity index is 1850. The van der Waals surface area contributed by atoms with Gasteiger partial charge >= 0.3 is 0 Å². The van der Waals surface area contributed by atoms with Gasteiger partial charge in [-0.3, -0.25) is 9.89 Å². The van der Waals surface area contributed by atoms with Crippen molar-refractivity contribution in [3.05, 3.63) is 88.0 Å². The molecule has 0 fully saturated rings. The van der Waals surface area contributed by atoms with Crippen LogP contribution < -0.4 is 33.2 Å². The van der Waals surface area contributed by atoms with Crippen molar-refractivity contribution in [1.82, 2.24) is 4.90 Å². The molecule has 4 aromatic rings. The van der Waals surface area contributed by atoms with Crippen molar-refractivity contribution in [2.45, 2.75) is 31.7 Å². The van der Waals surface area contributed by atoms with Crippen LogP contribution in [0.4, 0.5) is 0 Å². The van der Waals surface area contributed by atoms with Crippen LogP contribution in [-0.2, 0) is 25.7 Å². The third-order valence-corrected chi connectivity index (χ3v) is 9.41. The maximum Gasteiger partial charge on any atom is 0.211 e. The molecule has 4 aliphatic heterocycles. The van der Waals surface area contributed by atoms with E-state index in [1.807, 2.05) is 18.2 Å². The standard InChI is InChI=1S/C38H40N2O7/c1-40-16-14-25-21-31(42-3)35(44-5)38-34(25)28(40)18-23-9-12-29(41-2)30(19-23)46-26-10-7-22(8-11-26)17-27-33-24(13-15-39-27)20-32(43-4)36(47-38)37(33)45-6/h7-12,19-21,28H,13-18H2,1-6H3/t28-/m0/s1. The molecule has 47 heavy (non-hydrogen) atoms. The molecule has 0 saturated heterocycles. The van der Waals surface area contributed by atoms with E-state index in [2.05, 4.69) is 48.3 Å². The minimum absolute atomic E-state index is 0.0558. The molecule has 9 nitrogen and oxygen atoms in total. The Kier molecular flexibility index (Phi) is 8.32. The number of ether oxygens (including phenoxy) is 7. The monoisotopic (exact) mass is 636 g/mol. The summed E-state index contributed by atoms with van der Waals surface area (Å²) in [5.41, 5.74) is 7.32. The van der Waals surface area contributed by atoms with E-state index < -0.39 is 0 Å². The Balaban J connectivity index is 1.51. The molecule has 0 N–H and O–H groups in total. The lowest BCUT2D eigenvalue weighted by Crippen LogP contribution is -2.34. The normalized spacial score (nSPS) is 16.8. The molecule has 0 unspecified atom stereocenters. The van der Waals surface area contributed by atoms with Crippen LogP contribution in [0.3, 0.4) is 0 Å². The Morgan fingerprint density at radius 1 is 0.702 bits per heavy atom. The van der Waals surface area contributed by atoms with Crippen LogP contribution in [0.1, 0.15) is 39.4 Å². The molecular weight excluding hydrogens is 596 g/mol. The molecule has 0 amide bonds. The molecule has 0 saturated carbocycles. The second-order valence-electron chi connectivity index (χ2n) is 12.0. The van der Waals surface area contributed by atoms with Crippen molar-refractivity contribution in [3.63, 3.8) is 0 Å². The first-order chi connectivity index (χ1) is 23.0. The number of nitrogens with zero attached hydrogens (tertiary/aromatic N) is 2. The van der Waals surface area contributed by atoms with Crippen LogP contribution in [0, 0.1) is 0 Å². The third kappa shape index (κ3) is 5.48. The Morgan fingerprint density at radius 3 is 2.15 bits per heavy atom. The van der Waals surface area contributed by atoms with Gasteiger partial charge in [0.1, 0.15) is 5.75 Å². The summed E-state index contributed by atoms with van der Waals surface area (Å²) in [6.07, 6.45) is 2.88. The van der Waals surface area contributed by atoms with E-state index in [1.54, 1.807) is 35.5 Å². The van der Waals surface area contributed by atoms with Gasteiger partial charge in [0.25, 0.3) is 0 Å². The lowest BCUT2D eigenvalue weighted by Gasteiger charge is -2.37. The van der Waals surface area contributed by atoms with Gasteiger partial charge in [-0.05, 0) is 85.0 Å². The molecular formula is C38H40N2O7. The number of fused-ring (bicyclic) bond motifs is 2. The first kappa shape index (κ1) is 30.7. The molecule has 244 valence electrons. The van der Waals surface area contributed by atoms with Gasteiger partial charge < -0.3 is 33.2 Å². The fourth-order valence-corrected chi connectivity index (χ4v) is 7.04. The first-order valence-electron chi connectivity index (χ1n) is 15.9. The molecule has 4 aliphatic rings. The number of likely N-dealkylation sites (N-methyl/N-ethyl adjacent to an activating group) is 1. The van der Waals surface area contributed by atoms with Crippen LogP contribution in [0.25, 0.3) is 0 Å². The van der Waals surface area contributed by atoms with E-state index in [1.165, 1.54) is 0 Å². The molecule has 0 radical (unpaired) electrons. The van der Waals surface area contributed by atoms with Crippen LogP contribution >= 0.6 is 0 Å². The van der Waals surface area contributed by atoms with Crippen molar-refractivity contribution in [2.75, 3.05) is 55.7 Å². The minimum Gasteiger partial charge on any atom is -0.493 e. The number of benzene rings is 4. The van der Waals surface area contributed by atoms with Crippen LogP contribution in [0.2, 0.25) is 0 Å². The van der Waals surface area contributed by atoms with Gasteiger partial charge in [0.05, 0.1) is 41.3 Å². The van der Waals surface area contributed by atoms with Gasteiger partial charge in [-0.2, -0.15) is 0 Å². The van der Waals surface area contributed by atoms with Gasteiger partial charge in [0.15, 0.2) is 34.5 Å². The van der Waals surface area contributed by atoms with E-state index in [4.69, 9.17) is 38.2 Å². The Morgan fingerprint density at radius 2 is 1.43 bits per heavy atom. The average Bonchev–Trinajstić information content (AvgIpc) is 3.09. The highest BCUT2D eigenvalue weighted by Gasteiger charge is 2.35. The van der Waals surface area contributed by atoms with Gasteiger partial charge in [-0.15, -0.1) is 0 Å². The Labute approximate surface area is 275 Å². The van der Waals surface area contributed by atoms with Gasteiger partial charge in [0.2, 0.25) is 11.5 Å². The zero-order valence-electron chi connectivity index (χ0n) is 27.8. The topological polar surface area (TPSA) is 80.2 Å². The van der Waals surface area contributed by atoms with Gasteiger partial charge in [0, 0.05) is 36.7 Å². The lowest BCUT2D eigenvalue weighted by atomic mass is 9.87. The zero-order valence-corrected chi connectivity index (χ0v) is 27.8. The van der Waals surface area contributed by atoms with E-state index in [0.29, 0.717) is 65.4 Å². The number of aliphatic imine (C=N–C) groups is 1. The van der Waals surface area contributed by atoms with Gasteiger partial charge in [-0.1, -0.05) is 18.2 Å². The average molecular weight is 637 g/mol. The number of hydrogen-bond donors (Lipinski definition) is 0. The van der Waals surface area contributed by atoms with Crippen LogP contribution in [0.5, 0.6) is 51.7 Å². The minimum atomic E-state index is -0.0558. The van der Waals surface area contributed by atoms with Crippen molar-refractivity contribution < 1.29 is 33.2 Å². The molecule has 8 rings (SSSR count). The number of methoxy groups -OCH3 is 5. The van der Waals surface area contributed by atoms with Crippen molar-refractivity contribution >= 4 is 5.71 Å². The highest BCUT2D eigenvalue weighted by atomic mass is 16.6. The lowest BCUT2D eigenvalue weighted by molar-refractivity contribution is 0.220. The predicted octanol–water partition coefficient (Wildman–Crippen LogP) is 6.99. The second kappa shape index (κ2) is 12.7. The smallest absolute Gasteiger partial charge is 0.211 e. The van der Waals surface area contributed by atoms with E-state index >= 15 is 0 Å². The van der Waals surface area contributed by atoms with Crippen molar-refractivity contribution in [2.24, 2.45) is 4.99 Å². The van der Waals surface area contributed by atoms with Crippen LogP contribution in [-0.4, -0.2) is 66.3 Å². The molecule has 1 atom stereocenters. The number of hydrogen-bond acceptors (Lipinski definition) is 9. The maximum atomic E-state index is 7.05. The summed E-state index contributed by atoms with van der Waals surface area (Å²) >= 11 is 0. The quantitative estimate of drug-likeness (QED) is 0.232. The van der Waals surface area contributed by atoms with E-state index in [9.17, 15) is 0 Å². The zero-order chi connectivity index (χ0) is 32.7. The number of rotatable bonds is 5.